The maximum atomic E-state index is 12.3. The fourth-order valence-corrected chi connectivity index (χ4v) is 2.90. The molecule has 1 aromatic heterocycles. The average Bonchev–Trinajstić information content (AvgIpc) is 3.40. The molecule has 0 bridgehead atoms. The number of benzene rings is 2. The van der Waals surface area contributed by atoms with E-state index < -0.39 is 0 Å². The molecule has 0 saturated heterocycles. The van der Waals surface area contributed by atoms with Crippen molar-refractivity contribution in [3.8, 4) is 11.4 Å². The molecule has 0 spiro atoms. The molecule has 5 nitrogen and oxygen atoms in total. The van der Waals surface area contributed by atoms with Crippen LogP contribution in [0.1, 0.15) is 30.3 Å². The van der Waals surface area contributed by atoms with Gasteiger partial charge in [0.1, 0.15) is 6.04 Å². The Hall–Kier alpha value is -2.66. The van der Waals surface area contributed by atoms with Gasteiger partial charge >= 0.3 is 0 Å². The van der Waals surface area contributed by atoms with Gasteiger partial charge in [-0.1, -0.05) is 47.1 Å². The third-order valence-corrected chi connectivity index (χ3v) is 4.64. The van der Waals surface area contributed by atoms with Crippen LogP contribution in [0.4, 0.5) is 0 Å². The highest BCUT2D eigenvalue weighted by atomic mass is 35.5. The Labute approximate surface area is 156 Å². The summed E-state index contributed by atoms with van der Waals surface area (Å²) in [5.74, 6) is 1.06. The molecule has 1 heterocycles. The van der Waals surface area contributed by atoms with Crippen LogP contribution in [0, 0.1) is 5.92 Å². The Morgan fingerprint density at radius 2 is 1.88 bits per heavy atom. The van der Waals surface area contributed by atoms with Gasteiger partial charge in [0.2, 0.25) is 17.6 Å². The van der Waals surface area contributed by atoms with Crippen molar-refractivity contribution in [2.45, 2.75) is 25.3 Å². The van der Waals surface area contributed by atoms with E-state index in [1.165, 1.54) is 0 Å². The van der Waals surface area contributed by atoms with Gasteiger partial charge < -0.3 is 9.84 Å². The molecule has 1 saturated carbocycles. The molecule has 1 aliphatic carbocycles. The molecule has 2 aromatic carbocycles. The first-order valence-corrected chi connectivity index (χ1v) is 9.00. The van der Waals surface area contributed by atoms with E-state index in [9.17, 15) is 4.79 Å². The highest BCUT2D eigenvalue weighted by molar-refractivity contribution is 6.30. The molecule has 132 valence electrons. The zero-order valence-corrected chi connectivity index (χ0v) is 14.8. The van der Waals surface area contributed by atoms with Gasteiger partial charge in [0.15, 0.2) is 0 Å². The first kappa shape index (κ1) is 16.8. The molecule has 4 rings (SSSR count). The van der Waals surface area contributed by atoms with E-state index in [1.54, 1.807) is 12.1 Å². The van der Waals surface area contributed by atoms with E-state index in [1.807, 2.05) is 42.5 Å². The lowest BCUT2D eigenvalue weighted by atomic mass is 10.1. The maximum Gasteiger partial charge on any atom is 0.249 e. The highest BCUT2D eigenvalue weighted by Gasteiger charge is 2.32. The molecule has 0 radical (unpaired) electrons. The first-order chi connectivity index (χ1) is 12.7. The number of aromatic nitrogens is 2. The minimum atomic E-state index is -0.348. The Bertz CT molecular complexity index is 889. The van der Waals surface area contributed by atoms with Crippen molar-refractivity contribution < 1.29 is 9.32 Å². The van der Waals surface area contributed by atoms with Gasteiger partial charge in [-0.3, -0.25) is 4.79 Å². The topological polar surface area (TPSA) is 68.0 Å². The number of hydrogen-bond acceptors (Lipinski definition) is 4. The Morgan fingerprint density at radius 3 is 2.58 bits per heavy atom. The molecule has 1 N–H and O–H groups in total. The number of amides is 1. The summed E-state index contributed by atoms with van der Waals surface area (Å²) >= 11 is 5.93. The molecule has 1 atom stereocenters. The van der Waals surface area contributed by atoms with Gasteiger partial charge in [-0.15, -0.1) is 0 Å². The van der Waals surface area contributed by atoms with Crippen LogP contribution in [0.3, 0.4) is 0 Å². The van der Waals surface area contributed by atoms with Crippen molar-refractivity contribution in [1.82, 2.24) is 15.5 Å². The third-order valence-electron chi connectivity index (χ3n) is 4.39. The van der Waals surface area contributed by atoms with Gasteiger partial charge in [-0.05, 0) is 42.7 Å². The summed E-state index contributed by atoms with van der Waals surface area (Å²) in [5.41, 5.74) is 1.91. The third kappa shape index (κ3) is 3.94. The van der Waals surface area contributed by atoms with Crippen LogP contribution in [0.5, 0.6) is 0 Å². The monoisotopic (exact) mass is 367 g/mol. The molecule has 26 heavy (non-hydrogen) atoms. The van der Waals surface area contributed by atoms with E-state index in [0.29, 0.717) is 23.2 Å². The molecule has 0 unspecified atom stereocenters. The molecule has 3 aromatic rings. The summed E-state index contributed by atoms with van der Waals surface area (Å²) in [5, 5.41) is 7.78. The van der Waals surface area contributed by atoms with Crippen LogP contribution in [0.15, 0.2) is 59.1 Å². The fourth-order valence-electron chi connectivity index (χ4n) is 2.78. The van der Waals surface area contributed by atoms with Crippen LogP contribution in [0.2, 0.25) is 5.02 Å². The molecule has 1 aliphatic rings. The molecule has 6 heteroatoms. The van der Waals surface area contributed by atoms with Crippen LogP contribution < -0.4 is 5.32 Å². The van der Waals surface area contributed by atoms with Crippen molar-refractivity contribution >= 4 is 17.5 Å². The second-order valence-corrected chi connectivity index (χ2v) is 6.92. The molecular weight excluding hydrogens is 350 g/mol. The number of carbonyl (C=O) groups excluding carboxylic acids is 1. The summed E-state index contributed by atoms with van der Waals surface area (Å²) in [7, 11) is 0. The lowest BCUT2D eigenvalue weighted by Gasteiger charge is -2.15. The quantitative estimate of drug-likeness (QED) is 0.709. The van der Waals surface area contributed by atoms with Gasteiger partial charge in [0, 0.05) is 22.9 Å². The molecule has 1 amide bonds. The Morgan fingerprint density at radius 1 is 1.15 bits per heavy atom. The van der Waals surface area contributed by atoms with E-state index in [-0.39, 0.29) is 17.9 Å². The molecule has 1 fully saturated rings. The Balaban J connectivity index is 1.58. The summed E-state index contributed by atoms with van der Waals surface area (Å²) < 4.78 is 5.48. The minimum Gasteiger partial charge on any atom is -0.344 e. The van der Waals surface area contributed by atoms with Crippen molar-refractivity contribution in [3.63, 3.8) is 0 Å². The van der Waals surface area contributed by atoms with Gasteiger partial charge in [-0.25, -0.2) is 0 Å². The van der Waals surface area contributed by atoms with Crippen LogP contribution in [-0.4, -0.2) is 16.0 Å². The molecular formula is C20H18ClN3O2. The number of carbonyl (C=O) groups is 1. The number of hydrogen-bond donors (Lipinski definition) is 1. The van der Waals surface area contributed by atoms with E-state index in [0.717, 1.165) is 24.0 Å². The van der Waals surface area contributed by atoms with Crippen molar-refractivity contribution in [1.29, 1.82) is 0 Å². The fraction of sp³-hybridized carbons (Fsp3) is 0.250. The number of halogens is 1. The van der Waals surface area contributed by atoms with E-state index in [2.05, 4.69) is 15.5 Å². The highest BCUT2D eigenvalue weighted by Crippen LogP contribution is 2.30. The first-order valence-electron chi connectivity index (χ1n) is 8.63. The van der Waals surface area contributed by atoms with Crippen LogP contribution in [-0.2, 0) is 11.2 Å². The lowest BCUT2D eigenvalue weighted by Crippen LogP contribution is -2.31. The summed E-state index contributed by atoms with van der Waals surface area (Å²) in [6.45, 7) is 0. The number of nitrogens with zero attached hydrogens (tertiary/aromatic N) is 2. The van der Waals surface area contributed by atoms with Crippen molar-refractivity contribution in [2.75, 3.05) is 0 Å². The van der Waals surface area contributed by atoms with Gasteiger partial charge in [-0.2, -0.15) is 4.98 Å². The molecule has 0 aliphatic heterocycles. The minimum absolute atomic E-state index is 0.0529. The number of rotatable bonds is 6. The van der Waals surface area contributed by atoms with Gasteiger partial charge in [0.25, 0.3) is 0 Å². The predicted molar refractivity (Wildman–Crippen MR) is 98.5 cm³/mol. The standard InChI is InChI=1S/C20H18ClN3O2/c21-16-10-8-14(9-11-16)18-23-20(26-24-18)17(22-19(25)15-6-7-15)12-13-4-2-1-3-5-13/h1-5,8-11,15,17H,6-7,12H2,(H,22,25)/t17-/m1/s1. The summed E-state index contributed by atoms with van der Waals surface area (Å²) in [6.07, 6.45) is 2.50. The Kier molecular flexibility index (Phi) is 4.71. The average molecular weight is 368 g/mol. The SMILES string of the molecule is O=C(N[C@H](Cc1ccccc1)c1nc(-c2ccc(Cl)cc2)no1)C1CC1. The summed E-state index contributed by atoms with van der Waals surface area (Å²) in [4.78, 5) is 16.8. The second-order valence-electron chi connectivity index (χ2n) is 6.49. The maximum absolute atomic E-state index is 12.3. The zero-order valence-electron chi connectivity index (χ0n) is 14.1. The van der Waals surface area contributed by atoms with Gasteiger partial charge in [0.05, 0.1) is 0 Å². The van der Waals surface area contributed by atoms with Crippen LogP contribution in [0.25, 0.3) is 11.4 Å². The number of nitrogens with one attached hydrogen (secondary N) is 1. The van der Waals surface area contributed by atoms with Crippen molar-refractivity contribution in [3.05, 3.63) is 71.1 Å². The normalized spacial score (nSPS) is 14.8. The lowest BCUT2D eigenvalue weighted by molar-refractivity contribution is -0.123. The van der Waals surface area contributed by atoms with Crippen LogP contribution >= 0.6 is 11.6 Å². The van der Waals surface area contributed by atoms with Crippen molar-refractivity contribution in [2.24, 2.45) is 5.92 Å². The largest absolute Gasteiger partial charge is 0.344 e. The van der Waals surface area contributed by atoms with E-state index >= 15 is 0 Å². The smallest absolute Gasteiger partial charge is 0.249 e. The zero-order chi connectivity index (χ0) is 17.9. The van der Waals surface area contributed by atoms with E-state index in [4.69, 9.17) is 16.1 Å². The summed E-state index contributed by atoms with van der Waals surface area (Å²) in [6, 6.07) is 16.8. The predicted octanol–water partition coefficient (Wildman–Crippen LogP) is 4.20. The second kappa shape index (κ2) is 7.30.